The van der Waals surface area contributed by atoms with Gasteiger partial charge in [0, 0.05) is 34.6 Å². The van der Waals surface area contributed by atoms with Gasteiger partial charge in [0.2, 0.25) is 5.95 Å². The molecule has 1 saturated heterocycles. The standard InChI is InChI=1S/C17H18IN5O/c18-12-1-2-13-15(16(12)19)14(9-11-3-7-24-8-4-11)22-17(21-13)23-6-5-20-10-23/h1-2,5-6,10-11H,3-4,7-9,19H2. The van der Waals surface area contributed by atoms with Crippen molar-refractivity contribution in [1.82, 2.24) is 19.5 Å². The van der Waals surface area contributed by atoms with E-state index in [0.29, 0.717) is 11.9 Å². The van der Waals surface area contributed by atoms with Crippen molar-refractivity contribution in [2.24, 2.45) is 5.92 Å². The summed E-state index contributed by atoms with van der Waals surface area (Å²) >= 11 is 2.26. The summed E-state index contributed by atoms with van der Waals surface area (Å²) in [5.74, 6) is 1.22. The van der Waals surface area contributed by atoms with Crippen LogP contribution in [0.2, 0.25) is 0 Å². The van der Waals surface area contributed by atoms with Crippen LogP contribution in [0.4, 0.5) is 5.69 Å². The number of nitrogen functional groups attached to an aromatic ring is 1. The maximum atomic E-state index is 6.36. The van der Waals surface area contributed by atoms with Crippen molar-refractivity contribution in [3.05, 3.63) is 40.1 Å². The molecule has 2 N–H and O–H groups in total. The van der Waals surface area contributed by atoms with Crippen LogP contribution in [-0.4, -0.2) is 32.7 Å². The average Bonchev–Trinajstić information content (AvgIpc) is 3.13. The fraction of sp³-hybridized carbons (Fsp3) is 0.353. The van der Waals surface area contributed by atoms with E-state index in [2.05, 4.69) is 32.6 Å². The molecule has 0 radical (unpaired) electrons. The summed E-state index contributed by atoms with van der Waals surface area (Å²) in [6.45, 7) is 1.66. The number of nitrogens with zero attached hydrogens (tertiary/aromatic N) is 4. The number of ether oxygens (including phenoxy) is 1. The molecule has 0 atom stereocenters. The molecule has 3 aromatic rings. The van der Waals surface area contributed by atoms with Crippen molar-refractivity contribution in [3.8, 4) is 5.95 Å². The van der Waals surface area contributed by atoms with Crippen molar-refractivity contribution in [2.45, 2.75) is 19.3 Å². The first kappa shape index (κ1) is 15.8. The number of imidazole rings is 1. The predicted octanol–water partition coefficient (Wildman–Crippen LogP) is 2.97. The molecule has 0 amide bonds. The average molecular weight is 435 g/mol. The first-order chi connectivity index (χ1) is 11.7. The van der Waals surface area contributed by atoms with Gasteiger partial charge in [0.25, 0.3) is 0 Å². The monoisotopic (exact) mass is 435 g/mol. The molecule has 0 spiro atoms. The highest BCUT2D eigenvalue weighted by atomic mass is 127. The van der Waals surface area contributed by atoms with E-state index in [4.69, 9.17) is 15.5 Å². The molecule has 1 aliphatic heterocycles. The number of nitrogens with two attached hydrogens (primary N) is 1. The van der Waals surface area contributed by atoms with Crippen LogP contribution < -0.4 is 5.73 Å². The SMILES string of the molecule is Nc1c(I)ccc2nc(-n3ccnc3)nc(CC3CCOCC3)c12. The smallest absolute Gasteiger partial charge is 0.235 e. The zero-order chi connectivity index (χ0) is 16.5. The highest BCUT2D eigenvalue weighted by Crippen LogP contribution is 2.31. The summed E-state index contributed by atoms with van der Waals surface area (Å²) < 4.78 is 8.35. The third-order valence-corrected chi connectivity index (χ3v) is 5.41. The normalized spacial score (nSPS) is 15.9. The molecule has 1 fully saturated rings. The maximum absolute atomic E-state index is 6.36. The molecule has 4 rings (SSSR count). The number of rotatable bonds is 3. The van der Waals surface area contributed by atoms with Crippen molar-refractivity contribution >= 4 is 39.2 Å². The molecule has 2 aromatic heterocycles. The van der Waals surface area contributed by atoms with E-state index in [1.807, 2.05) is 22.9 Å². The third-order valence-electron chi connectivity index (χ3n) is 4.47. The molecule has 6 nitrogen and oxygen atoms in total. The van der Waals surface area contributed by atoms with E-state index in [1.165, 1.54) is 0 Å². The van der Waals surface area contributed by atoms with Gasteiger partial charge in [-0.3, -0.25) is 4.57 Å². The number of aromatic nitrogens is 4. The number of anilines is 1. The Kier molecular flexibility index (Phi) is 4.36. The zero-order valence-electron chi connectivity index (χ0n) is 13.2. The highest BCUT2D eigenvalue weighted by molar-refractivity contribution is 14.1. The zero-order valence-corrected chi connectivity index (χ0v) is 15.3. The first-order valence-corrected chi connectivity index (χ1v) is 9.11. The van der Waals surface area contributed by atoms with Crippen LogP contribution >= 0.6 is 22.6 Å². The second kappa shape index (κ2) is 6.64. The second-order valence-electron chi connectivity index (χ2n) is 6.06. The Bertz CT molecular complexity index is 859. The van der Waals surface area contributed by atoms with E-state index in [9.17, 15) is 0 Å². The maximum Gasteiger partial charge on any atom is 0.235 e. The first-order valence-electron chi connectivity index (χ1n) is 8.03. The summed E-state index contributed by atoms with van der Waals surface area (Å²) in [7, 11) is 0. The minimum absolute atomic E-state index is 0.574. The Balaban J connectivity index is 1.85. The van der Waals surface area contributed by atoms with Crippen molar-refractivity contribution in [3.63, 3.8) is 0 Å². The number of fused-ring (bicyclic) bond motifs is 1. The lowest BCUT2D eigenvalue weighted by molar-refractivity contribution is 0.0663. The highest BCUT2D eigenvalue weighted by Gasteiger charge is 2.19. The van der Waals surface area contributed by atoms with E-state index >= 15 is 0 Å². The summed E-state index contributed by atoms with van der Waals surface area (Å²) in [6, 6.07) is 4.02. The molecular formula is C17H18IN5O. The van der Waals surface area contributed by atoms with Crippen molar-refractivity contribution in [2.75, 3.05) is 18.9 Å². The van der Waals surface area contributed by atoms with Gasteiger partial charge in [0.1, 0.15) is 6.33 Å². The van der Waals surface area contributed by atoms with Crippen LogP contribution in [0.3, 0.4) is 0 Å². The largest absolute Gasteiger partial charge is 0.397 e. The Morgan fingerprint density at radius 1 is 1.25 bits per heavy atom. The molecule has 0 unspecified atom stereocenters. The lowest BCUT2D eigenvalue weighted by Gasteiger charge is -2.22. The molecule has 0 bridgehead atoms. The minimum Gasteiger partial charge on any atom is -0.397 e. The van der Waals surface area contributed by atoms with Crippen LogP contribution in [0.5, 0.6) is 0 Å². The molecule has 24 heavy (non-hydrogen) atoms. The topological polar surface area (TPSA) is 78.9 Å². The van der Waals surface area contributed by atoms with Crippen molar-refractivity contribution in [1.29, 1.82) is 0 Å². The molecule has 0 saturated carbocycles. The van der Waals surface area contributed by atoms with E-state index < -0.39 is 0 Å². The van der Waals surface area contributed by atoms with Gasteiger partial charge in [-0.2, -0.15) is 0 Å². The number of halogens is 1. The Morgan fingerprint density at radius 2 is 2.08 bits per heavy atom. The minimum atomic E-state index is 0.574. The Morgan fingerprint density at radius 3 is 2.83 bits per heavy atom. The fourth-order valence-electron chi connectivity index (χ4n) is 3.15. The molecule has 0 aliphatic carbocycles. The van der Waals surface area contributed by atoms with E-state index in [1.54, 1.807) is 12.5 Å². The van der Waals surface area contributed by atoms with Gasteiger partial charge < -0.3 is 10.5 Å². The van der Waals surface area contributed by atoms with Gasteiger partial charge in [-0.1, -0.05) is 0 Å². The summed E-state index contributed by atoms with van der Waals surface area (Å²) in [5, 5.41) is 0.984. The van der Waals surface area contributed by atoms with E-state index in [0.717, 1.165) is 58.3 Å². The summed E-state index contributed by atoms with van der Waals surface area (Å²) in [5.41, 5.74) is 9.04. The van der Waals surface area contributed by atoms with Gasteiger partial charge in [0.15, 0.2) is 0 Å². The fourth-order valence-corrected chi connectivity index (χ4v) is 3.60. The number of hydrogen-bond donors (Lipinski definition) is 1. The van der Waals surface area contributed by atoms with Crippen LogP contribution in [0.1, 0.15) is 18.5 Å². The number of benzene rings is 1. The Labute approximate surface area is 153 Å². The predicted molar refractivity (Wildman–Crippen MR) is 101 cm³/mol. The van der Waals surface area contributed by atoms with Gasteiger partial charge in [-0.25, -0.2) is 15.0 Å². The molecule has 7 heteroatoms. The second-order valence-corrected chi connectivity index (χ2v) is 7.22. The van der Waals surface area contributed by atoms with Crippen molar-refractivity contribution < 1.29 is 4.74 Å². The summed E-state index contributed by atoms with van der Waals surface area (Å²) in [6.07, 6.45) is 8.33. The van der Waals surface area contributed by atoms with Crippen LogP contribution in [0.25, 0.3) is 16.9 Å². The third kappa shape index (κ3) is 2.98. The molecule has 124 valence electrons. The molecule has 1 aromatic carbocycles. The van der Waals surface area contributed by atoms with Crippen LogP contribution in [-0.2, 0) is 11.2 Å². The molecule has 1 aliphatic rings. The van der Waals surface area contributed by atoms with Gasteiger partial charge >= 0.3 is 0 Å². The van der Waals surface area contributed by atoms with Crippen LogP contribution in [0.15, 0.2) is 30.9 Å². The quantitative estimate of drug-likeness (QED) is 0.506. The van der Waals surface area contributed by atoms with E-state index in [-0.39, 0.29) is 0 Å². The Hall–Kier alpha value is -1.74. The van der Waals surface area contributed by atoms with Gasteiger partial charge in [-0.05, 0) is 59.9 Å². The number of hydrogen-bond acceptors (Lipinski definition) is 5. The lowest BCUT2D eigenvalue weighted by Crippen LogP contribution is -2.19. The summed E-state index contributed by atoms with van der Waals surface area (Å²) in [4.78, 5) is 13.6. The molecular weight excluding hydrogens is 417 g/mol. The molecule has 3 heterocycles. The van der Waals surface area contributed by atoms with Gasteiger partial charge in [-0.15, -0.1) is 0 Å². The lowest BCUT2D eigenvalue weighted by atomic mass is 9.93. The van der Waals surface area contributed by atoms with Gasteiger partial charge in [0.05, 0.1) is 16.9 Å². The van der Waals surface area contributed by atoms with Crippen LogP contribution in [0, 0.1) is 9.49 Å².